The second-order valence-corrected chi connectivity index (χ2v) is 37.4. The summed E-state index contributed by atoms with van der Waals surface area (Å²) in [4.78, 5) is 7.36. The molecular formula is C133H93N4+. The number of nitrogens with zero attached hydrogens (tertiary/aromatic N) is 4. The Kier molecular flexibility index (Phi) is 19.1. The van der Waals surface area contributed by atoms with Gasteiger partial charge < -0.3 is 14.7 Å². The SMILES string of the molecule is CC1(C)c2ccccc2-c2ccc(N(c3ccc(-c4ccccc4)cc3)c3ccc(-c4ccc5c(c4)-c4ccccc4C54c5ccccc5C([n+]5ccccc5)c5ccccc54)c4ccccc34)cc21.c1ccc(-c2ccc(N(c3ccccc3-c3ccccc3)c3ccc(-c4ccc5c(c4)-c4ccccc4C54c5ccccc5N(c5ccccc5)c5ccccc54)c4ccccc34)cc2)cc1. The number of pyridine rings is 1. The summed E-state index contributed by atoms with van der Waals surface area (Å²) in [7, 11) is 0. The molecule has 0 radical (unpaired) electrons. The van der Waals surface area contributed by atoms with Crippen molar-refractivity contribution in [3.8, 4) is 89.0 Å². The van der Waals surface area contributed by atoms with E-state index in [1.54, 1.807) is 0 Å². The molecule has 137 heavy (non-hydrogen) atoms. The highest BCUT2D eigenvalue weighted by Crippen LogP contribution is 2.66. The fourth-order valence-electron chi connectivity index (χ4n) is 24.1. The zero-order valence-corrected chi connectivity index (χ0v) is 76.0. The van der Waals surface area contributed by atoms with Gasteiger partial charge in [0.2, 0.25) is 6.04 Å². The van der Waals surface area contributed by atoms with Gasteiger partial charge in [-0.3, -0.25) is 0 Å². The summed E-state index contributed by atoms with van der Waals surface area (Å²) in [6.07, 6.45) is 4.42. The van der Waals surface area contributed by atoms with Crippen LogP contribution in [0.25, 0.3) is 111 Å². The lowest BCUT2D eigenvalue weighted by Crippen LogP contribution is -2.46. The van der Waals surface area contributed by atoms with Crippen LogP contribution in [0.4, 0.5) is 51.2 Å². The molecule has 0 amide bonds. The first kappa shape index (κ1) is 80.5. The van der Waals surface area contributed by atoms with Crippen molar-refractivity contribution in [2.75, 3.05) is 14.7 Å². The standard InChI is InChI=1S/C68H49N2.C65H44N2/c1-67(2)59-27-13-9-22-52(59)54-37-36-49(44-64(54)67)70(48-34-31-46(32-35-48)45-19-5-3-6-20-45)65-40-38-50(51-21-7-8-24-55(51)65)47-33-39-63-58(43-47)53-23-10-14-28-60(53)68(63)61-29-15-11-25-56(61)66(69-41-17-4-18-42-69)57-26-12-16-30-62(57)68;1-4-20-45(21-5-1)46-36-39-50(40-37-46)66(61-33-17-13-26-52(61)47-22-6-2-7-23-47)62-43-41-51(53-27-10-11-29-55(53)62)48-38-42-58-56(44-48)54-28-12-14-30-57(54)65(58)59-31-15-18-34-63(59)67(49-24-8-3-9-25-49)64-35-19-16-32-60(64)65/h3-44,66H,1-2H3;1-44H/q+1;. The van der Waals surface area contributed by atoms with E-state index in [-0.39, 0.29) is 11.5 Å². The fourth-order valence-corrected chi connectivity index (χ4v) is 24.1. The molecule has 0 atom stereocenters. The zero-order chi connectivity index (χ0) is 90.9. The van der Waals surface area contributed by atoms with Crippen molar-refractivity contribution in [3.05, 3.63) is 589 Å². The lowest BCUT2D eigenvalue weighted by atomic mass is 9.60. The van der Waals surface area contributed by atoms with E-state index in [0.717, 1.165) is 39.8 Å². The van der Waals surface area contributed by atoms with Gasteiger partial charge in [0.1, 0.15) is 0 Å². The number of para-hydroxylation sites is 4. The molecule has 4 nitrogen and oxygen atoms in total. The number of hydrogen-bond donors (Lipinski definition) is 0. The smallest absolute Gasteiger partial charge is 0.209 e. The van der Waals surface area contributed by atoms with E-state index in [1.165, 1.54) is 189 Å². The Bertz CT molecular complexity index is 8400. The Morgan fingerprint density at radius 2 is 0.547 bits per heavy atom. The van der Waals surface area contributed by atoms with Crippen molar-refractivity contribution in [2.24, 2.45) is 0 Å². The van der Waals surface area contributed by atoms with Crippen LogP contribution in [0.2, 0.25) is 0 Å². The molecule has 21 aromatic carbocycles. The van der Waals surface area contributed by atoms with Crippen LogP contribution >= 0.6 is 0 Å². The highest BCUT2D eigenvalue weighted by Gasteiger charge is 2.55. The molecule has 644 valence electrons. The predicted molar refractivity (Wildman–Crippen MR) is 569 cm³/mol. The molecule has 0 saturated carbocycles. The molecule has 0 N–H and O–H groups in total. The molecule has 4 aliphatic carbocycles. The second-order valence-electron chi connectivity index (χ2n) is 37.4. The molecule has 2 heterocycles. The van der Waals surface area contributed by atoms with Crippen LogP contribution in [0, 0.1) is 0 Å². The monoisotopic (exact) mass is 1750 g/mol. The molecule has 1 aliphatic heterocycles. The van der Waals surface area contributed by atoms with Crippen molar-refractivity contribution in [3.63, 3.8) is 0 Å². The van der Waals surface area contributed by atoms with Crippen molar-refractivity contribution < 1.29 is 4.57 Å². The van der Waals surface area contributed by atoms with Crippen LogP contribution in [-0.2, 0) is 16.2 Å². The fraction of sp³-hybridized carbons (Fsp3) is 0.0451. The Morgan fingerprint density at radius 3 is 1.07 bits per heavy atom. The van der Waals surface area contributed by atoms with Gasteiger partial charge in [-0.15, -0.1) is 0 Å². The van der Waals surface area contributed by atoms with Crippen LogP contribution in [0.15, 0.2) is 522 Å². The summed E-state index contributed by atoms with van der Waals surface area (Å²) in [6, 6.07) is 189. The van der Waals surface area contributed by atoms with Gasteiger partial charge in [-0.05, 0) is 241 Å². The lowest BCUT2D eigenvalue weighted by molar-refractivity contribution is -0.705. The summed E-state index contributed by atoms with van der Waals surface area (Å²) in [5.74, 6) is 0. The minimum Gasteiger partial charge on any atom is -0.310 e. The summed E-state index contributed by atoms with van der Waals surface area (Å²) < 4.78 is 2.37. The van der Waals surface area contributed by atoms with Crippen LogP contribution in [-0.4, -0.2) is 0 Å². The van der Waals surface area contributed by atoms with Gasteiger partial charge in [0, 0.05) is 67.8 Å². The van der Waals surface area contributed by atoms with Crippen molar-refractivity contribution in [1.82, 2.24) is 0 Å². The van der Waals surface area contributed by atoms with Gasteiger partial charge >= 0.3 is 0 Å². The predicted octanol–water partition coefficient (Wildman–Crippen LogP) is 34.0. The van der Waals surface area contributed by atoms with Crippen LogP contribution in [0.3, 0.4) is 0 Å². The molecule has 0 saturated heterocycles. The average molecular weight is 1750 g/mol. The van der Waals surface area contributed by atoms with Gasteiger partial charge in [0.15, 0.2) is 12.4 Å². The number of fused-ring (bicyclic) bond motifs is 23. The molecule has 27 rings (SSSR count). The molecule has 5 aliphatic rings. The molecule has 0 fully saturated rings. The molecule has 4 heteroatoms. The van der Waals surface area contributed by atoms with E-state index in [9.17, 15) is 0 Å². The lowest BCUT2D eigenvalue weighted by Gasteiger charge is -2.45. The largest absolute Gasteiger partial charge is 0.310 e. The highest BCUT2D eigenvalue weighted by atomic mass is 15.2. The average Bonchev–Trinajstić information content (AvgIpc) is 1.53. The minimum atomic E-state index is -0.502. The van der Waals surface area contributed by atoms with Gasteiger partial charge in [-0.1, -0.05) is 420 Å². The first-order chi connectivity index (χ1) is 67.8. The minimum absolute atomic E-state index is 0.0561. The van der Waals surface area contributed by atoms with Gasteiger partial charge in [0.25, 0.3) is 0 Å². The maximum absolute atomic E-state index is 2.48. The number of rotatable bonds is 13. The molecule has 2 spiro atoms. The first-order valence-corrected chi connectivity index (χ1v) is 47.8. The Morgan fingerprint density at radius 1 is 0.204 bits per heavy atom. The summed E-state index contributed by atoms with van der Waals surface area (Å²) in [5.41, 5.74) is 45.0. The van der Waals surface area contributed by atoms with Gasteiger partial charge in [0.05, 0.1) is 39.3 Å². The van der Waals surface area contributed by atoms with Crippen molar-refractivity contribution >= 4 is 72.7 Å². The van der Waals surface area contributed by atoms with E-state index in [4.69, 9.17) is 0 Å². The van der Waals surface area contributed by atoms with Gasteiger partial charge in [-0.25, -0.2) is 0 Å². The number of benzene rings is 21. The highest BCUT2D eigenvalue weighted by molar-refractivity contribution is 6.10. The van der Waals surface area contributed by atoms with Gasteiger partial charge in [-0.2, -0.15) is 4.57 Å². The first-order valence-electron chi connectivity index (χ1n) is 47.8. The number of aromatic nitrogens is 1. The van der Waals surface area contributed by atoms with Crippen LogP contribution in [0.5, 0.6) is 0 Å². The molecular weight excluding hydrogens is 1650 g/mol. The molecule has 22 aromatic rings. The summed E-state index contributed by atoms with van der Waals surface area (Å²) in [6.45, 7) is 4.74. The molecule has 0 unspecified atom stereocenters. The maximum atomic E-state index is 2.48. The summed E-state index contributed by atoms with van der Waals surface area (Å²) >= 11 is 0. The normalized spacial score (nSPS) is 14.7. The number of anilines is 9. The quantitative estimate of drug-likeness (QED) is 0.107. The Hall–Kier alpha value is -17.3. The Balaban J connectivity index is 0.000000142. The topological polar surface area (TPSA) is 13.6 Å². The van der Waals surface area contributed by atoms with E-state index >= 15 is 0 Å². The van der Waals surface area contributed by atoms with E-state index in [2.05, 4.69) is 555 Å². The van der Waals surface area contributed by atoms with E-state index in [0.29, 0.717) is 0 Å². The van der Waals surface area contributed by atoms with E-state index < -0.39 is 10.8 Å². The Labute approximate surface area is 800 Å². The second kappa shape index (κ2) is 32.6. The van der Waals surface area contributed by atoms with Crippen LogP contribution in [0.1, 0.15) is 86.7 Å². The molecule has 1 aromatic heterocycles. The number of hydrogen-bond acceptors (Lipinski definition) is 3. The third-order valence-electron chi connectivity index (χ3n) is 30.0. The summed E-state index contributed by atoms with van der Waals surface area (Å²) in [5, 5.41) is 4.81. The third kappa shape index (κ3) is 12.6. The van der Waals surface area contributed by atoms with Crippen molar-refractivity contribution in [2.45, 2.75) is 36.1 Å². The maximum Gasteiger partial charge on any atom is 0.209 e. The van der Waals surface area contributed by atoms with Crippen molar-refractivity contribution in [1.29, 1.82) is 0 Å². The zero-order valence-electron chi connectivity index (χ0n) is 76.0. The van der Waals surface area contributed by atoms with Crippen LogP contribution < -0.4 is 19.3 Å². The van der Waals surface area contributed by atoms with E-state index in [1.807, 2.05) is 0 Å². The molecule has 0 bridgehead atoms. The third-order valence-corrected chi connectivity index (χ3v) is 30.0.